The Hall–Kier alpha value is -4.05. The molecule has 2 amide bonds. The summed E-state index contributed by atoms with van der Waals surface area (Å²) >= 11 is 3.36. The lowest BCUT2D eigenvalue weighted by Crippen LogP contribution is -2.49. The number of carbonyl (C=O) groups is 2. The third-order valence-corrected chi connectivity index (χ3v) is 6.62. The average molecular weight is 578 g/mol. The van der Waals surface area contributed by atoms with Gasteiger partial charge in [-0.1, -0.05) is 28.1 Å². The van der Waals surface area contributed by atoms with Gasteiger partial charge in [0.15, 0.2) is 0 Å². The molecule has 2 aromatic carbocycles. The molecule has 10 heteroatoms. The van der Waals surface area contributed by atoms with Crippen LogP contribution in [-0.2, 0) is 11.2 Å². The first kappa shape index (κ1) is 27.0. The molecule has 0 fully saturated rings. The molecule has 0 aliphatic rings. The lowest BCUT2D eigenvalue weighted by atomic mass is 10.0. The first-order chi connectivity index (χ1) is 18.0. The Labute approximate surface area is 228 Å². The van der Waals surface area contributed by atoms with Crippen LogP contribution in [-0.4, -0.2) is 45.8 Å². The highest BCUT2D eigenvalue weighted by atomic mass is 79.9. The van der Waals surface area contributed by atoms with Gasteiger partial charge in [0.2, 0.25) is 5.91 Å². The van der Waals surface area contributed by atoms with Gasteiger partial charge in [-0.25, -0.2) is 4.79 Å². The van der Waals surface area contributed by atoms with Crippen LogP contribution in [0, 0.1) is 6.92 Å². The zero-order valence-electron chi connectivity index (χ0n) is 21.5. The molecular weight excluding hydrogens is 550 g/mol. The third-order valence-electron chi connectivity index (χ3n) is 6.12. The molecule has 38 heavy (non-hydrogen) atoms. The van der Waals surface area contributed by atoms with E-state index in [0.29, 0.717) is 35.3 Å². The number of aryl methyl sites for hydroxylation is 1. The Bertz CT molecular complexity index is 1550. The zero-order chi connectivity index (χ0) is 27.4. The highest BCUT2D eigenvalue weighted by Crippen LogP contribution is 2.25. The number of aromatic nitrogens is 2. The molecule has 0 atom stereocenters. The predicted octanol–water partition coefficient (Wildman–Crippen LogP) is 4.80. The van der Waals surface area contributed by atoms with E-state index in [1.54, 1.807) is 69.2 Å². The lowest BCUT2D eigenvalue weighted by molar-refractivity contribution is -0.133. The van der Waals surface area contributed by atoms with E-state index >= 15 is 0 Å². The van der Waals surface area contributed by atoms with E-state index in [2.05, 4.69) is 36.5 Å². The molecule has 196 valence electrons. The van der Waals surface area contributed by atoms with Crippen molar-refractivity contribution < 1.29 is 14.0 Å². The molecule has 0 spiro atoms. The minimum atomic E-state index is -1.09. The van der Waals surface area contributed by atoms with Gasteiger partial charge in [0.25, 0.3) is 11.9 Å². The second-order valence-corrected chi connectivity index (χ2v) is 10.4. The first-order valence-electron chi connectivity index (χ1n) is 12.0. The lowest BCUT2D eigenvalue weighted by Gasteiger charge is -2.30. The van der Waals surface area contributed by atoms with Crippen molar-refractivity contribution in [3.63, 3.8) is 0 Å². The van der Waals surface area contributed by atoms with Gasteiger partial charge in [-0.05, 0) is 68.8 Å². The van der Waals surface area contributed by atoms with Crippen molar-refractivity contribution >= 4 is 50.3 Å². The van der Waals surface area contributed by atoms with Gasteiger partial charge in [0.05, 0.1) is 10.9 Å². The highest BCUT2D eigenvalue weighted by molar-refractivity contribution is 9.10. The van der Waals surface area contributed by atoms with Crippen molar-refractivity contribution in [1.29, 1.82) is 0 Å². The summed E-state index contributed by atoms with van der Waals surface area (Å²) in [5.41, 5.74) is 1.03. The van der Waals surface area contributed by atoms with E-state index in [1.807, 2.05) is 24.3 Å². The molecule has 0 radical (unpaired) electrons. The fourth-order valence-corrected chi connectivity index (χ4v) is 4.46. The Kier molecular flexibility index (Phi) is 7.91. The summed E-state index contributed by atoms with van der Waals surface area (Å²) in [7, 11) is 1.71. The molecule has 2 aromatic heterocycles. The van der Waals surface area contributed by atoms with Gasteiger partial charge >= 0.3 is 5.63 Å². The Balaban J connectivity index is 1.51. The van der Waals surface area contributed by atoms with Gasteiger partial charge in [-0.15, -0.1) is 0 Å². The second kappa shape index (κ2) is 11.1. The van der Waals surface area contributed by atoms with Crippen LogP contribution >= 0.6 is 15.9 Å². The molecule has 4 aromatic rings. The summed E-state index contributed by atoms with van der Waals surface area (Å²) < 4.78 is 6.23. The van der Waals surface area contributed by atoms with Crippen LogP contribution in [0.3, 0.4) is 0 Å². The second-order valence-electron chi connectivity index (χ2n) is 9.45. The van der Waals surface area contributed by atoms with Gasteiger partial charge in [-0.2, -0.15) is 4.98 Å². The van der Waals surface area contributed by atoms with Gasteiger partial charge in [0, 0.05) is 47.6 Å². The normalized spacial score (nSPS) is 11.3. The van der Waals surface area contributed by atoms with E-state index < -0.39 is 11.2 Å². The summed E-state index contributed by atoms with van der Waals surface area (Å²) in [6.45, 7) is 5.59. The van der Waals surface area contributed by atoms with Crippen LogP contribution in [0.1, 0.15) is 35.5 Å². The van der Waals surface area contributed by atoms with Crippen molar-refractivity contribution in [2.24, 2.45) is 0 Å². The van der Waals surface area contributed by atoms with Crippen LogP contribution in [0.4, 0.5) is 11.7 Å². The SMILES string of the molecule is Cc1c(NC(=O)c2cccc(Br)c2)ccc2nc(NC(C)(C)C(=O)N(C)CCc3ccccn3)oc(=O)c12. The number of pyridine rings is 1. The summed E-state index contributed by atoms with van der Waals surface area (Å²) in [5.74, 6) is -0.503. The summed E-state index contributed by atoms with van der Waals surface area (Å²) in [6.07, 6.45) is 2.33. The molecule has 2 heterocycles. The maximum Gasteiger partial charge on any atom is 0.348 e. The molecule has 0 unspecified atom stereocenters. The fraction of sp³-hybridized carbons (Fsp3) is 0.250. The minimum Gasteiger partial charge on any atom is -0.389 e. The Morgan fingerprint density at radius 1 is 1.11 bits per heavy atom. The van der Waals surface area contributed by atoms with Crippen molar-refractivity contribution in [3.05, 3.63) is 92.5 Å². The van der Waals surface area contributed by atoms with Crippen LogP contribution in [0.5, 0.6) is 0 Å². The topological polar surface area (TPSA) is 117 Å². The quantitative estimate of drug-likeness (QED) is 0.309. The van der Waals surface area contributed by atoms with E-state index in [1.165, 1.54) is 0 Å². The largest absolute Gasteiger partial charge is 0.389 e. The van der Waals surface area contributed by atoms with Crippen LogP contribution in [0.25, 0.3) is 10.9 Å². The van der Waals surface area contributed by atoms with Gasteiger partial charge in [0.1, 0.15) is 5.54 Å². The molecule has 9 nitrogen and oxygen atoms in total. The molecule has 0 saturated heterocycles. The van der Waals surface area contributed by atoms with Crippen molar-refractivity contribution in [1.82, 2.24) is 14.9 Å². The molecule has 0 saturated carbocycles. The first-order valence-corrected chi connectivity index (χ1v) is 12.8. The number of anilines is 2. The molecule has 0 aliphatic heterocycles. The maximum atomic E-state index is 13.1. The maximum absolute atomic E-state index is 13.1. The average Bonchev–Trinajstić information content (AvgIpc) is 2.88. The number of rotatable bonds is 8. The highest BCUT2D eigenvalue weighted by Gasteiger charge is 2.32. The number of carbonyl (C=O) groups excluding carboxylic acids is 2. The minimum absolute atomic E-state index is 0.0655. The molecule has 4 rings (SSSR count). The van der Waals surface area contributed by atoms with Crippen molar-refractivity contribution in [3.8, 4) is 0 Å². The number of fused-ring (bicyclic) bond motifs is 1. The predicted molar refractivity (Wildman–Crippen MR) is 150 cm³/mol. The van der Waals surface area contributed by atoms with Crippen molar-refractivity contribution in [2.45, 2.75) is 32.7 Å². The number of hydrogen-bond acceptors (Lipinski definition) is 7. The number of hydrogen-bond donors (Lipinski definition) is 2. The molecular formula is C28H28BrN5O4. The zero-order valence-corrected chi connectivity index (χ0v) is 23.1. The van der Waals surface area contributed by atoms with E-state index in [4.69, 9.17) is 4.42 Å². The van der Waals surface area contributed by atoms with Gasteiger partial charge < -0.3 is 20.0 Å². The van der Waals surface area contributed by atoms with E-state index in [9.17, 15) is 14.4 Å². The van der Waals surface area contributed by atoms with Crippen LogP contribution < -0.4 is 16.3 Å². The van der Waals surface area contributed by atoms with Crippen molar-refractivity contribution in [2.75, 3.05) is 24.2 Å². The summed E-state index contributed by atoms with van der Waals surface area (Å²) in [5, 5.41) is 6.05. The Morgan fingerprint density at radius 3 is 2.61 bits per heavy atom. The number of likely N-dealkylation sites (N-methyl/N-ethyl adjacent to an activating group) is 1. The number of amides is 2. The van der Waals surface area contributed by atoms with E-state index in [-0.39, 0.29) is 23.2 Å². The number of nitrogens with zero attached hydrogens (tertiary/aromatic N) is 3. The monoisotopic (exact) mass is 577 g/mol. The van der Waals surface area contributed by atoms with Crippen LogP contribution in [0.15, 0.2) is 74.5 Å². The van der Waals surface area contributed by atoms with Gasteiger partial charge in [-0.3, -0.25) is 14.6 Å². The smallest absolute Gasteiger partial charge is 0.348 e. The third kappa shape index (κ3) is 6.08. The number of halogens is 1. The summed E-state index contributed by atoms with van der Waals surface area (Å²) in [6, 6.07) is 15.9. The molecule has 0 aliphatic carbocycles. The molecule has 0 bridgehead atoms. The standard InChI is InChI=1S/C28H28BrN5O4/c1-17-21(31-24(35)18-8-7-9-19(29)16-18)11-12-22-23(17)25(36)38-27(32-22)33-28(2,3)26(37)34(4)15-13-20-10-5-6-14-30-20/h5-12,14,16H,13,15H2,1-4H3,(H,31,35)(H,32,33). The van der Waals surface area contributed by atoms with Crippen LogP contribution in [0.2, 0.25) is 0 Å². The fourth-order valence-electron chi connectivity index (χ4n) is 4.06. The summed E-state index contributed by atoms with van der Waals surface area (Å²) in [4.78, 5) is 49.1. The number of nitrogens with one attached hydrogen (secondary N) is 2. The Morgan fingerprint density at radius 2 is 1.89 bits per heavy atom. The number of benzene rings is 2. The van der Waals surface area contributed by atoms with E-state index in [0.717, 1.165) is 10.2 Å². The molecule has 2 N–H and O–H groups in total.